The first-order valence-electron chi connectivity index (χ1n) is 10.8. The van der Waals surface area contributed by atoms with E-state index in [1.165, 1.54) is 60.7 Å². The molecule has 0 fully saturated rings. The fraction of sp³-hybridized carbons (Fsp3) is 0.0714. The Morgan fingerprint density at radius 3 is 2.42 bits per heavy atom. The number of aromatic nitrogens is 3. The van der Waals surface area contributed by atoms with Crippen LogP contribution in [0, 0.1) is 0 Å². The molecule has 0 atom stereocenters. The predicted molar refractivity (Wildman–Crippen MR) is 124 cm³/mol. The van der Waals surface area contributed by atoms with Crippen LogP contribution in [0.25, 0.3) is 49.7 Å². The first-order valence-corrected chi connectivity index (χ1v) is 10.8. The second-order valence-corrected chi connectivity index (χ2v) is 8.65. The van der Waals surface area contributed by atoms with Gasteiger partial charge >= 0.3 is 0 Å². The highest BCUT2D eigenvalue weighted by atomic mass is 15.0. The Hall–Kier alpha value is -3.98. The number of pyridine rings is 2. The maximum Gasteiger partial charge on any atom is 0.146 e. The minimum absolute atomic E-state index is 0.950. The molecule has 0 aliphatic heterocycles. The lowest BCUT2D eigenvalue weighted by molar-refractivity contribution is 1.19. The third-order valence-electron chi connectivity index (χ3n) is 7.16. The minimum Gasteiger partial charge on any atom is -0.283 e. The molecule has 3 aromatic carbocycles. The van der Waals surface area contributed by atoms with Gasteiger partial charge in [-0.05, 0) is 74.9 Å². The number of nitrogens with zero attached hydrogens (tertiary/aromatic N) is 3. The van der Waals surface area contributed by atoms with Crippen molar-refractivity contribution >= 4 is 27.5 Å². The van der Waals surface area contributed by atoms with E-state index in [1.807, 2.05) is 24.7 Å². The molecule has 2 aliphatic rings. The summed E-state index contributed by atoms with van der Waals surface area (Å²) in [7, 11) is 0. The molecular weight excluding hydrogens is 378 g/mol. The molecule has 0 spiro atoms. The van der Waals surface area contributed by atoms with Gasteiger partial charge in [0.15, 0.2) is 0 Å². The van der Waals surface area contributed by atoms with E-state index in [0.29, 0.717) is 0 Å². The number of imidazole rings is 1. The van der Waals surface area contributed by atoms with Crippen LogP contribution < -0.4 is 0 Å². The van der Waals surface area contributed by atoms with E-state index >= 15 is 0 Å². The van der Waals surface area contributed by atoms with Crippen LogP contribution >= 0.6 is 0 Å². The second kappa shape index (κ2) is 5.38. The topological polar surface area (TPSA) is 30.2 Å². The largest absolute Gasteiger partial charge is 0.283 e. The van der Waals surface area contributed by atoms with Gasteiger partial charge in [-0.2, -0.15) is 0 Å². The standard InChI is InChI=1S/C28H17N3/c1-2-5-19-16(4-1)14-17-7-8-18-15-23-21(25(18)24(17)19)10-9-20-22-6-3-11-29-27(22)31-13-12-30-28(31)26(20)23/h1-13H,14-15H2. The summed E-state index contributed by atoms with van der Waals surface area (Å²) in [6, 6.07) is 22.4. The van der Waals surface area contributed by atoms with Crippen LogP contribution in [-0.4, -0.2) is 14.4 Å². The molecular formula is C28H17N3. The van der Waals surface area contributed by atoms with Crippen molar-refractivity contribution in [1.82, 2.24) is 14.4 Å². The van der Waals surface area contributed by atoms with Crippen molar-refractivity contribution < 1.29 is 0 Å². The fourth-order valence-electron chi connectivity index (χ4n) is 5.92. The van der Waals surface area contributed by atoms with Gasteiger partial charge in [0.1, 0.15) is 11.3 Å². The van der Waals surface area contributed by atoms with Gasteiger partial charge < -0.3 is 0 Å². The summed E-state index contributed by atoms with van der Waals surface area (Å²) in [6.07, 6.45) is 7.75. The van der Waals surface area contributed by atoms with Crippen molar-refractivity contribution in [2.45, 2.75) is 12.8 Å². The van der Waals surface area contributed by atoms with Crippen LogP contribution in [0.3, 0.4) is 0 Å². The Kier molecular flexibility index (Phi) is 2.74. The Morgan fingerprint density at radius 1 is 0.613 bits per heavy atom. The predicted octanol–water partition coefficient (Wildman–Crippen LogP) is 6.18. The summed E-state index contributed by atoms with van der Waals surface area (Å²) in [4.78, 5) is 9.43. The van der Waals surface area contributed by atoms with Crippen molar-refractivity contribution in [2.75, 3.05) is 0 Å². The van der Waals surface area contributed by atoms with Crippen LogP contribution in [0.4, 0.5) is 0 Å². The highest BCUT2D eigenvalue weighted by molar-refractivity contribution is 6.15. The summed E-state index contributed by atoms with van der Waals surface area (Å²) in [5.41, 5.74) is 13.3. The molecule has 3 nitrogen and oxygen atoms in total. The zero-order valence-corrected chi connectivity index (χ0v) is 16.8. The molecule has 31 heavy (non-hydrogen) atoms. The number of rotatable bonds is 0. The van der Waals surface area contributed by atoms with Gasteiger partial charge in [-0.1, -0.05) is 48.5 Å². The Morgan fingerprint density at radius 2 is 1.45 bits per heavy atom. The Labute approximate surface area is 178 Å². The van der Waals surface area contributed by atoms with Crippen molar-refractivity contribution in [1.29, 1.82) is 0 Å². The summed E-state index contributed by atoms with van der Waals surface area (Å²) >= 11 is 0. The molecule has 144 valence electrons. The van der Waals surface area contributed by atoms with Gasteiger partial charge in [-0.25, -0.2) is 9.97 Å². The molecule has 8 rings (SSSR count). The normalized spacial score (nSPS) is 13.5. The van der Waals surface area contributed by atoms with E-state index < -0.39 is 0 Å². The Bertz CT molecular complexity index is 1740. The van der Waals surface area contributed by atoms with Crippen molar-refractivity contribution in [3.8, 4) is 22.3 Å². The fourth-order valence-corrected chi connectivity index (χ4v) is 5.92. The van der Waals surface area contributed by atoms with E-state index in [0.717, 1.165) is 24.1 Å². The first kappa shape index (κ1) is 15.8. The average molecular weight is 395 g/mol. The van der Waals surface area contributed by atoms with E-state index in [-0.39, 0.29) is 0 Å². The van der Waals surface area contributed by atoms with Crippen molar-refractivity contribution in [2.24, 2.45) is 0 Å². The van der Waals surface area contributed by atoms with Gasteiger partial charge in [-0.3, -0.25) is 4.40 Å². The molecule has 0 amide bonds. The van der Waals surface area contributed by atoms with Crippen molar-refractivity contribution in [3.63, 3.8) is 0 Å². The van der Waals surface area contributed by atoms with Gasteiger partial charge in [0, 0.05) is 29.4 Å². The van der Waals surface area contributed by atoms with Crippen LogP contribution in [0.2, 0.25) is 0 Å². The van der Waals surface area contributed by atoms with Crippen molar-refractivity contribution in [3.05, 3.63) is 102 Å². The van der Waals surface area contributed by atoms with Gasteiger partial charge in [0.05, 0.1) is 0 Å². The molecule has 3 aromatic heterocycles. The van der Waals surface area contributed by atoms with Gasteiger partial charge in [0.2, 0.25) is 0 Å². The molecule has 6 aromatic rings. The molecule has 0 bridgehead atoms. The molecule has 0 radical (unpaired) electrons. The monoisotopic (exact) mass is 395 g/mol. The lowest BCUT2D eigenvalue weighted by Crippen LogP contribution is -1.95. The van der Waals surface area contributed by atoms with Crippen LogP contribution in [0.1, 0.15) is 22.3 Å². The quantitative estimate of drug-likeness (QED) is 0.287. The minimum atomic E-state index is 0.950. The molecule has 2 aliphatic carbocycles. The van der Waals surface area contributed by atoms with Crippen LogP contribution in [0.5, 0.6) is 0 Å². The van der Waals surface area contributed by atoms with E-state index in [2.05, 4.69) is 64.0 Å². The SMILES string of the molecule is c1ccc2c(c1)Cc1ccc3c(c1-2)-c1ccc2c4cccnc4n4ccnc4c2c1C3. The van der Waals surface area contributed by atoms with Gasteiger partial charge in [0.25, 0.3) is 0 Å². The van der Waals surface area contributed by atoms with Gasteiger partial charge in [-0.15, -0.1) is 0 Å². The highest BCUT2D eigenvalue weighted by Crippen LogP contribution is 2.51. The zero-order chi connectivity index (χ0) is 20.1. The van der Waals surface area contributed by atoms with E-state index in [4.69, 9.17) is 4.98 Å². The molecule has 0 N–H and O–H groups in total. The smallest absolute Gasteiger partial charge is 0.146 e. The first-order chi connectivity index (χ1) is 15.4. The van der Waals surface area contributed by atoms with Crippen LogP contribution in [-0.2, 0) is 12.8 Å². The highest BCUT2D eigenvalue weighted by Gasteiger charge is 2.30. The third kappa shape index (κ3) is 1.85. The number of fused-ring (bicyclic) bond motifs is 14. The third-order valence-corrected chi connectivity index (χ3v) is 7.16. The zero-order valence-electron chi connectivity index (χ0n) is 16.8. The molecule has 0 unspecified atom stereocenters. The Balaban J connectivity index is 1.53. The van der Waals surface area contributed by atoms with Crippen LogP contribution in [0.15, 0.2) is 79.3 Å². The summed E-state index contributed by atoms with van der Waals surface area (Å²) in [5.74, 6) is 0. The maximum atomic E-state index is 4.77. The number of benzene rings is 3. The molecule has 0 saturated carbocycles. The number of hydrogen-bond donors (Lipinski definition) is 0. The second-order valence-electron chi connectivity index (χ2n) is 8.65. The summed E-state index contributed by atoms with van der Waals surface area (Å²) in [6.45, 7) is 0. The van der Waals surface area contributed by atoms with E-state index in [1.54, 1.807) is 0 Å². The molecule has 3 heteroatoms. The molecule has 3 heterocycles. The number of hydrogen-bond acceptors (Lipinski definition) is 2. The maximum absolute atomic E-state index is 4.77. The summed E-state index contributed by atoms with van der Waals surface area (Å²) < 4.78 is 2.14. The molecule has 0 saturated heterocycles. The average Bonchev–Trinajstić information content (AvgIpc) is 3.53. The lowest BCUT2D eigenvalue weighted by atomic mass is 9.93. The lowest BCUT2D eigenvalue weighted by Gasteiger charge is -2.13. The van der Waals surface area contributed by atoms with E-state index in [9.17, 15) is 0 Å². The summed E-state index contributed by atoms with van der Waals surface area (Å²) in [5, 5.41) is 3.68.